The molecule has 0 bridgehead atoms. The normalized spacial score (nSPS) is 14.6. The van der Waals surface area contributed by atoms with E-state index in [1.807, 2.05) is 55.1 Å². The van der Waals surface area contributed by atoms with Crippen LogP contribution in [-0.4, -0.2) is 43.6 Å². The van der Waals surface area contributed by atoms with E-state index in [1.54, 1.807) is 0 Å². The fourth-order valence-corrected chi connectivity index (χ4v) is 3.07. The molecule has 2 aromatic carbocycles. The van der Waals surface area contributed by atoms with Crippen molar-refractivity contribution in [1.29, 1.82) is 0 Å². The Morgan fingerprint density at radius 1 is 1.00 bits per heavy atom. The predicted octanol–water partition coefficient (Wildman–Crippen LogP) is 3.36. The number of anilines is 1. The van der Waals surface area contributed by atoms with E-state index in [9.17, 15) is 4.79 Å². The van der Waals surface area contributed by atoms with Crippen LogP contribution in [0.25, 0.3) is 0 Å². The molecule has 0 spiro atoms. The van der Waals surface area contributed by atoms with Crippen molar-refractivity contribution in [2.45, 2.75) is 13.8 Å². The molecule has 0 N–H and O–H groups in total. The summed E-state index contributed by atoms with van der Waals surface area (Å²) in [5.74, 6) is 1.04. The largest absolute Gasteiger partial charge is 0.494 e. The van der Waals surface area contributed by atoms with Crippen LogP contribution in [0.2, 0.25) is 0 Å². The number of rotatable bonds is 4. The van der Waals surface area contributed by atoms with E-state index in [2.05, 4.69) is 17.0 Å². The van der Waals surface area contributed by atoms with E-state index < -0.39 is 0 Å². The van der Waals surface area contributed by atoms with Crippen LogP contribution in [0, 0.1) is 6.92 Å². The van der Waals surface area contributed by atoms with Crippen molar-refractivity contribution in [3.8, 4) is 5.75 Å². The summed E-state index contributed by atoms with van der Waals surface area (Å²) in [5.41, 5.74) is 3.03. The molecule has 0 aromatic heterocycles. The molecule has 0 saturated carbocycles. The maximum absolute atomic E-state index is 12.7. The van der Waals surface area contributed by atoms with E-state index in [1.165, 1.54) is 5.69 Å². The van der Waals surface area contributed by atoms with Crippen molar-refractivity contribution in [1.82, 2.24) is 4.90 Å². The number of hydrogen-bond acceptors (Lipinski definition) is 3. The van der Waals surface area contributed by atoms with Crippen LogP contribution < -0.4 is 9.64 Å². The summed E-state index contributed by atoms with van der Waals surface area (Å²) in [5, 5.41) is 0. The van der Waals surface area contributed by atoms with Crippen molar-refractivity contribution >= 4 is 11.6 Å². The van der Waals surface area contributed by atoms with Crippen molar-refractivity contribution in [3.05, 3.63) is 59.7 Å². The number of carbonyl (C=O) groups excluding carboxylic acids is 1. The Kier molecular flexibility index (Phi) is 5.04. The Hall–Kier alpha value is -2.49. The maximum Gasteiger partial charge on any atom is 0.254 e. The van der Waals surface area contributed by atoms with Crippen LogP contribution >= 0.6 is 0 Å². The fraction of sp³-hybridized carbons (Fsp3) is 0.350. The van der Waals surface area contributed by atoms with Gasteiger partial charge in [-0.05, 0) is 49.7 Å². The van der Waals surface area contributed by atoms with Crippen molar-refractivity contribution < 1.29 is 9.53 Å². The number of amides is 1. The predicted molar refractivity (Wildman–Crippen MR) is 96.9 cm³/mol. The molecule has 1 heterocycles. The molecule has 3 rings (SSSR count). The van der Waals surface area contributed by atoms with Crippen LogP contribution in [-0.2, 0) is 0 Å². The van der Waals surface area contributed by atoms with Gasteiger partial charge in [0.25, 0.3) is 5.91 Å². The van der Waals surface area contributed by atoms with Crippen LogP contribution in [0.4, 0.5) is 5.69 Å². The lowest BCUT2D eigenvalue weighted by Crippen LogP contribution is -2.48. The smallest absolute Gasteiger partial charge is 0.254 e. The third kappa shape index (κ3) is 3.53. The number of hydrogen-bond donors (Lipinski definition) is 0. The number of aryl methyl sites for hydroxylation is 1. The molecule has 1 fully saturated rings. The van der Waals surface area contributed by atoms with Crippen LogP contribution in [0.15, 0.2) is 48.5 Å². The zero-order valence-corrected chi connectivity index (χ0v) is 14.4. The number of nitrogens with zero attached hydrogens (tertiary/aromatic N) is 2. The van der Waals surface area contributed by atoms with Gasteiger partial charge in [0.05, 0.1) is 6.61 Å². The highest BCUT2D eigenvalue weighted by Crippen LogP contribution is 2.21. The molecule has 0 unspecified atom stereocenters. The minimum Gasteiger partial charge on any atom is -0.494 e. The Labute approximate surface area is 143 Å². The summed E-state index contributed by atoms with van der Waals surface area (Å²) in [4.78, 5) is 16.9. The second-order valence-electron chi connectivity index (χ2n) is 6.02. The van der Waals surface area contributed by atoms with Crippen LogP contribution in [0.1, 0.15) is 22.8 Å². The monoisotopic (exact) mass is 324 g/mol. The van der Waals surface area contributed by atoms with Crippen LogP contribution in [0.5, 0.6) is 5.75 Å². The third-order valence-electron chi connectivity index (χ3n) is 4.46. The number of ether oxygens (including phenoxy) is 1. The molecule has 0 atom stereocenters. The SMILES string of the molecule is CCOc1ccc(N2CCN(C(=O)c3ccccc3C)CC2)cc1. The first-order valence-corrected chi connectivity index (χ1v) is 8.51. The second kappa shape index (κ2) is 7.39. The third-order valence-corrected chi connectivity index (χ3v) is 4.46. The molecule has 4 nitrogen and oxygen atoms in total. The van der Waals surface area contributed by atoms with Gasteiger partial charge in [-0.15, -0.1) is 0 Å². The lowest BCUT2D eigenvalue weighted by Gasteiger charge is -2.36. The summed E-state index contributed by atoms with van der Waals surface area (Å²) >= 11 is 0. The number of benzene rings is 2. The molecule has 0 radical (unpaired) electrons. The first kappa shape index (κ1) is 16.4. The first-order valence-electron chi connectivity index (χ1n) is 8.51. The molecular weight excluding hydrogens is 300 g/mol. The van der Waals surface area contributed by atoms with Gasteiger partial charge in [-0.25, -0.2) is 0 Å². The van der Waals surface area contributed by atoms with Crippen molar-refractivity contribution in [2.24, 2.45) is 0 Å². The molecule has 1 amide bonds. The molecule has 1 aliphatic heterocycles. The van der Waals surface area contributed by atoms with Gasteiger partial charge in [0.15, 0.2) is 0 Å². The summed E-state index contributed by atoms with van der Waals surface area (Å²) < 4.78 is 5.49. The molecule has 2 aromatic rings. The average Bonchev–Trinajstić information content (AvgIpc) is 2.63. The van der Waals surface area contributed by atoms with Gasteiger partial charge in [-0.3, -0.25) is 4.79 Å². The lowest BCUT2D eigenvalue weighted by atomic mass is 10.1. The molecule has 126 valence electrons. The van der Waals surface area contributed by atoms with Gasteiger partial charge in [-0.2, -0.15) is 0 Å². The Bertz CT molecular complexity index is 689. The minimum absolute atomic E-state index is 0.138. The Balaban J connectivity index is 1.61. The zero-order valence-electron chi connectivity index (χ0n) is 14.4. The quantitative estimate of drug-likeness (QED) is 0.864. The van der Waals surface area contributed by atoms with Crippen LogP contribution in [0.3, 0.4) is 0 Å². The molecular formula is C20H24N2O2. The summed E-state index contributed by atoms with van der Waals surface area (Å²) in [7, 11) is 0. The molecule has 4 heteroatoms. The van der Waals surface area contributed by atoms with E-state index in [4.69, 9.17) is 4.74 Å². The lowest BCUT2D eigenvalue weighted by molar-refractivity contribution is 0.0746. The van der Waals surface area contributed by atoms with Crippen molar-refractivity contribution in [2.75, 3.05) is 37.7 Å². The van der Waals surface area contributed by atoms with Gasteiger partial charge in [0, 0.05) is 37.4 Å². The topological polar surface area (TPSA) is 32.8 Å². The van der Waals surface area contributed by atoms with E-state index in [-0.39, 0.29) is 5.91 Å². The minimum atomic E-state index is 0.138. The van der Waals surface area contributed by atoms with E-state index in [0.717, 1.165) is 43.1 Å². The molecule has 1 aliphatic rings. The second-order valence-corrected chi connectivity index (χ2v) is 6.02. The highest BCUT2D eigenvalue weighted by molar-refractivity contribution is 5.95. The van der Waals surface area contributed by atoms with E-state index in [0.29, 0.717) is 6.61 Å². The standard InChI is InChI=1S/C20H24N2O2/c1-3-24-18-10-8-17(9-11-18)21-12-14-22(15-13-21)20(23)19-7-5-4-6-16(19)2/h4-11H,3,12-15H2,1-2H3. The molecule has 1 saturated heterocycles. The van der Waals surface area contributed by atoms with E-state index >= 15 is 0 Å². The molecule has 0 aliphatic carbocycles. The summed E-state index contributed by atoms with van der Waals surface area (Å²) in [6.07, 6.45) is 0. The number of piperazine rings is 1. The highest BCUT2D eigenvalue weighted by atomic mass is 16.5. The summed E-state index contributed by atoms with van der Waals surface area (Å²) in [6.45, 7) is 7.86. The maximum atomic E-state index is 12.7. The average molecular weight is 324 g/mol. The van der Waals surface area contributed by atoms with Gasteiger partial charge in [0.1, 0.15) is 5.75 Å². The Morgan fingerprint density at radius 3 is 2.29 bits per heavy atom. The van der Waals surface area contributed by atoms with Gasteiger partial charge in [-0.1, -0.05) is 18.2 Å². The zero-order chi connectivity index (χ0) is 16.9. The number of carbonyl (C=O) groups is 1. The molecule has 24 heavy (non-hydrogen) atoms. The van der Waals surface area contributed by atoms with Gasteiger partial charge >= 0.3 is 0 Å². The summed E-state index contributed by atoms with van der Waals surface area (Å²) in [6, 6.07) is 16.0. The van der Waals surface area contributed by atoms with Crippen molar-refractivity contribution in [3.63, 3.8) is 0 Å². The van der Waals surface area contributed by atoms with Gasteiger partial charge in [0.2, 0.25) is 0 Å². The fourth-order valence-electron chi connectivity index (χ4n) is 3.07. The highest BCUT2D eigenvalue weighted by Gasteiger charge is 2.23. The first-order chi connectivity index (χ1) is 11.7. The van der Waals surface area contributed by atoms with Gasteiger partial charge < -0.3 is 14.5 Å². The Morgan fingerprint density at radius 2 is 1.67 bits per heavy atom.